The summed E-state index contributed by atoms with van der Waals surface area (Å²) in [5.41, 5.74) is 0.491. The molecule has 7 nitrogen and oxygen atoms in total. The van der Waals surface area contributed by atoms with Crippen LogP contribution in [0.2, 0.25) is 0 Å². The van der Waals surface area contributed by atoms with Crippen LogP contribution >= 0.6 is 0 Å². The van der Waals surface area contributed by atoms with Crippen molar-refractivity contribution in [3.8, 4) is 0 Å². The van der Waals surface area contributed by atoms with Gasteiger partial charge in [0.05, 0.1) is 4.92 Å². The molecule has 1 aliphatic rings. The first-order chi connectivity index (χ1) is 9.40. The number of piperidine rings is 1. The molecular weight excluding hydrogens is 262 g/mol. The number of carbonyl (C=O) groups is 1. The predicted molar refractivity (Wildman–Crippen MR) is 72.8 cm³/mol. The Morgan fingerprint density at radius 2 is 2.25 bits per heavy atom. The summed E-state index contributed by atoms with van der Waals surface area (Å²) in [6, 6.07) is 2.19. The van der Waals surface area contributed by atoms with Gasteiger partial charge in [-0.2, -0.15) is 0 Å². The number of anilines is 1. The lowest BCUT2D eigenvalue weighted by atomic mass is 9.92. The monoisotopic (exact) mass is 279 g/mol. The van der Waals surface area contributed by atoms with Crippen LogP contribution in [0.5, 0.6) is 0 Å². The van der Waals surface area contributed by atoms with Crippen molar-refractivity contribution >= 4 is 17.5 Å². The Morgan fingerprint density at radius 3 is 2.85 bits per heavy atom. The summed E-state index contributed by atoms with van der Waals surface area (Å²) in [5.74, 6) is -0.514. The summed E-state index contributed by atoms with van der Waals surface area (Å²) in [6.07, 6.45) is 1.28. The van der Waals surface area contributed by atoms with Gasteiger partial charge in [0.25, 0.3) is 0 Å². The minimum absolute atomic E-state index is 0.142. The first-order valence-electron chi connectivity index (χ1n) is 6.51. The van der Waals surface area contributed by atoms with Crippen molar-refractivity contribution in [3.63, 3.8) is 0 Å². The Bertz CT molecular complexity index is 546. The molecular formula is C13H17N3O4. The number of rotatable bonds is 3. The van der Waals surface area contributed by atoms with Crippen LogP contribution in [0.25, 0.3) is 0 Å². The quantitative estimate of drug-likeness (QED) is 0.671. The third kappa shape index (κ3) is 2.71. The third-order valence-corrected chi connectivity index (χ3v) is 3.61. The molecule has 2 unspecified atom stereocenters. The SMILES string of the molecule is Cc1ccc([N+](=O)[O-])c(N2CCC(C)CC2C(=O)O)n1. The van der Waals surface area contributed by atoms with E-state index in [-0.39, 0.29) is 17.4 Å². The van der Waals surface area contributed by atoms with Crippen LogP contribution in [-0.2, 0) is 4.79 Å². The largest absolute Gasteiger partial charge is 0.480 e. The fraction of sp³-hybridized carbons (Fsp3) is 0.538. The van der Waals surface area contributed by atoms with E-state index in [4.69, 9.17) is 0 Å². The molecule has 1 aromatic rings. The standard InChI is InChI=1S/C13H17N3O4/c1-8-5-6-15(11(7-8)13(17)18)12-10(16(19)20)4-3-9(2)14-12/h3-4,8,11H,5-7H2,1-2H3,(H,17,18). The van der Waals surface area contributed by atoms with Gasteiger partial charge in [0.1, 0.15) is 6.04 Å². The average molecular weight is 279 g/mol. The zero-order chi connectivity index (χ0) is 14.9. The van der Waals surface area contributed by atoms with Gasteiger partial charge in [0, 0.05) is 18.3 Å². The summed E-state index contributed by atoms with van der Waals surface area (Å²) >= 11 is 0. The van der Waals surface area contributed by atoms with E-state index in [2.05, 4.69) is 4.98 Å². The summed E-state index contributed by atoms with van der Waals surface area (Å²) in [6.45, 7) is 4.19. The van der Waals surface area contributed by atoms with Gasteiger partial charge in [0.2, 0.25) is 5.82 Å². The molecule has 1 saturated heterocycles. The average Bonchev–Trinajstić information content (AvgIpc) is 2.38. The number of aliphatic carboxylic acids is 1. The molecule has 1 fully saturated rings. The molecule has 0 bridgehead atoms. The van der Waals surface area contributed by atoms with Gasteiger partial charge in [-0.3, -0.25) is 10.1 Å². The lowest BCUT2D eigenvalue weighted by molar-refractivity contribution is -0.384. The Kier molecular flexibility index (Phi) is 3.87. The molecule has 0 spiro atoms. The van der Waals surface area contributed by atoms with Crippen molar-refractivity contribution < 1.29 is 14.8 Å². The maximum Gasteiger partial charge on any atom is 0.326 e. The summed E-state index contributed by atoms with van der Waals surface area (Å²) in [4.78, 5) is 27.7. The fourth-order valence-corrected chi connectivity index (χ4v) is 2.52. The van der Waals surface area contributed by atoms with Crippen molar-refractivity contribution in [2.45, 2.75) is 32.7 Å². The molecule has 2 heterocycles. The number of nitro groups is 1. The van der Waals surface area contributed by atoms with Gasteiger partial charge < -0.3 is 10.0 Å². The number of carboxylic acid groups (broad SMARTS) is 1. The van der Waals surface area contributed by atoms with E-state index in [1.54, 1.807) is 17.9 Å². The van der Waals surface area contributed by atoms with Crippen LogP contribution in [-0.4, -0.2) is 33.6 Å². The van der Waals surface area contributed by atoms with Crippen LogP contribution in [0.3, 0.4) is 0 Å². The van der Waals surface area contributed by atoms with Gasteiger partial charge in [-0.05, 0) is 31.7 Å². The summed E-state index contributed by atoms with van der Waals surface area (Å²) < 4.78 is 0. The number of aryl methyl sites for hydroxylation is 1. The molecule has 0 aliphatic carbocycles. The van der Waals surface area contributed by atoms with Crippen molar-refractivity contribution in [3.05, 3.63) is 27.9 Å². The number of pyridine rings is 1. The first kappa shape index (κ1) is 14.2. The minimum atomic E-state index is -0.964. The molecule has 2 rings (SSSR count). The third-order valence-electron chi connectivity index (χ3n) is 3.61. The summed E-state index contributed by atoms with van der Waals surface area (Å²) in [5, 5.41) is 20.5. The van der Waals surface area contributed by atoms with E-state index in [1.165, 1.54) is 6.07 Å². The van der Waals surface area contributed by atoms with Crippen molar-refractivity contribution in [2.75, 3.05) is 11.4 Å². The fourth-order valence-electron chi connectivity index (χ4n) is 2.52. The maximum absolute atomic E-state index is 11.4. The van der Waals surface area contributed by atoms with Crippen LogP contribution < -0.4 is 4.90 Å². The number of aromatic nitrogens is 1. The predicted octanol–water partition coefficient (Wildman–Crippen LogP) is 1.99. The molecule has 7 heteroatoms. The number of carboxylic acids is 1. The lowest BCUT2D eigenvalue weighted by Crippen LogP contribution is -2.47. The van der Waals surface area contributed by atoms with E-state index >= 15 is 0 Å². The molecule has 0 saturated carbocycles. The zero-order valence-corrected chi connectivity index (χ0v) is 11.4. The smallest absolute Gasteiger partial charge is 0.326 e. The van der Waals surface area contributed by atoms with E-state index in [9.17, 15) is 20.0 Å². The van der Waals surface area contributed by atoms with Gasteiger partial charge in [0.15, 0.2) is 0 Å². The lowest BCUT2D eigenvalue weighted by Gasteiger charge is -2.36. The number of nitrogens with zero attached hydrogens (tertiary/aromatic N) is 3. The Balaban J connectivity index is 2.45. The van der Waals surface area contributed by atoms with Gasteiger partial charge >= 0.3 is 11.7 Å². The van der Waals surface area contributed by atoms with Gasteiger partial charge in [-0.1, -0.05) is 6.92 Å². The maximum atomic E-state index is 11.4. The van der Waals surface area contributed by atoms with Crippen LogP contribution in [0.4, 0.5) is 11.5 Å². The van der Waals surface area contributed by atoms with E-state index in [0.29, 0.717) is 18.7 Å². The molecule has 0 amide bonds. The Hall–Kier alpha value is -2.18. The molecule has 1 aromatic heterocycles. The second-order valence-electron chi connectivity index (χ2n) is 5.23. The van der Waals surface area contributed by atoms with E-state index < -0.39 is 16.9 Å². The highest BCUT2D eigenvalue weighted by atomic mass is 16.6. The molecule has 20 heavy (non-hydrogen) atoms. The molecule has 2 atom stereocenters. The minimum Gasteiger partial charge on any atom is -0.480 e. The normalized spacial score (nSPS) is 22.6. The Morgan fingerprint density at radius 1 is 1.55 bits per heavy atom. The van der Waals surface area contributed by atoms with Gasteiger partial charge in [-0.15, -0.1) is 0 Å². The van der Waals surface area contributed by atoms with Crippen LogP contribution in [0, 0.1) is 23.0 Å². The molecule has 0 aromatic carbocycles. The van der Waals surface area contributed by atoms with E-state index in [1.807, 2.05) is 6.92 Å². The topological polar surface area (TPSA) is 96.6 Å². The van der Waals surface area contributed by atoms with E-state index in [0.717, 1.165) is 6.42 Å². The zero-order valence-electron chi connectivity index (χ0n) is 11.4. The number of hydrogen-bond acceptors (Lipinski definition) is 5. The van der Waals surface area contributed by atoms with Crippen LogP contribution in [0.15, 0.2) is 12.1 Å². The molecule has 1 aliphatic heterocycles. The van der Waals surface area contributed by atoms with Crippen molar-refractivity contribution in [1.82, 2.24) is 4.98 Å². The second-order valence-corrected chi connectivity index (χ2v) is 5.23. The highest BCUT2D eigenvalue weighted by molar-refractivity contribution is 5.79. The second kappa shape index (κ2) is 5.44. The first-order valence-corrected chi connectivity index (χ1v) is 6.51. The molecule has 108 valence electrons. The number of hydrogen-bond donors (Lipinski definition) is 1. The highest BCUT2D eigenvalue weighted by Crippen LogP contribution is 2.33. The van der Waals surface area contributed by atoms with Gasteiger partial charge in [-0.25, -0.2) is 9.78 Å². The molecule has 0 radical (unpaired) electrons. The van der Waals surface area contributed by atoms with Crippen LogP contribution in [0.1, 0.15) is 25.5 Å². The summed E-state index contributed by atoms with van der Waals surface area (Å²) in [7, 11) is 0. The van der Waals surface area contributed by atoms with Crippen molar-refractivity contribution in [1.29, 1.82) is 0 Å². The molecule has 1 N–H and O–H groups in total. The highest BCUT2D eigenvalue weighted by Gasteiger charge is 2.35. The Labute approximate surface area is 116 Å². The van der Waals surface area contributed by atoms with Crippen molar-refractivity contribution in [2.24, 2.45) is 5.92 Å².